The van der Waals surface area contributed by atoms with Crippen LogP contribution in [0.2, 0.25) is 0 Å². The van der Waals surface area contributed by atoms with Crippen LogP contribution in [-0.2, 0) is 4.74 Å². The summed E-state index contributed by atoms with van der Waals surface area (Å²) >= 11 is 0. The number of carboxylic acids is 1. The van der Waals surface area contributed by atoms with Crippen molar-refractivity contribution in [3.8, 4) is 5.75 Å². The van der Waals surface area contributed by atoms with Gasteiger partial charge in [-0.2, -0.15) is 0 Å². The van der Waals surface area contributed by atoms with Crippen LogP contribution in [0.15, 0.2) is 48.5 Å². The molecule has 2 rings (SSSR count). The lowest BCUT2D eigenvalue weighted by atomic mass is 10.1. The average Bonchev–Trinajstić information content (AvgIpc) is 2.59. The molecule has 6 nitrogen and oxygen atoms in total. The first kappa shape index (κ1) is 17.5. The predicted molar refractivity (Wildman–Crippen MR) is 89.8 cm³/mol. The minimum atomic E-state index is -1.04. The highest BCUT2D eigenvalue weighted by molar-refractivity contribution is 6.04. The quantitative estimate of drug-likeness (QED) is 0.727. The third-order valence-corrected chi connectivity index (χ3v) is 3.18. The molecule has 0 bridgehead atoms. The van der Waals surface area contributed by atoms with Crippen molar-refractivity contribution in [2.24, 2.45) is 0 Å². The third kappa shape index (κ3) is 5.10. The molecule has 0 saturated carbocycles. The maximum atomic E-state index is 12.2. The summed E-state index contributed by atoms with van der Waals surface area (Å²) in [5, 5.41) is 11.6. The standard InChI is InChI=1S/C18H19NO5/c1-2-23-10-11-24-16-8-6-13(7-9-16)17(20)19-15-5-3-4-14(12-15)18(21)22/h3-9,12H,2,10-11H2,1H3,(H,19,20)(H,21,22). The van der Waals surface area contributed by atoms with Crippen molar-refractivity contribution < 1.29 is 24.2 Å². The molecule has 0 unspecified atom stereocenters. The van der Waals surface area contributed by atoms with Crippen LogP contribution in [0.25, 0.3) is 0 Å². The molecule has 24 heavy (non-hydrogen) atoms. The van der Waals surface area contributed by atoms with E-state index < -0.39 is 5.97 Å². The number of ether oxygens (including phenoxy) is 2. The highest BCUT2D eigenvalue weighted by Crippen LogP contribution is 2.15. The smallest absolute Gasteiger partial charge is 0.335 e. The number of aromatic carboxylic acids is 1. The average molecular weight is 329 g/mol. The Hall–Kier alpha value is -2.86. The second-order valence-corrected chi connectivity index (χ2v) is 4.91. The fourth-order valence-corrected chi connectivity index (χ4v) is 2.00. The van der Waals surface area contributed by atoms with Gasteiger partial charge in [0.15, 0.2) is 0 Å². The molecular weight excluding hydrogens is 310 g/mol. The fraction of sp³-hybridized carbons (Fsp3) is 0.222. The van der Waals surface area contributed by atoms with E-state index in [0.717, 1.165) is 0 Å². The SMILES string of the molecule is CCOCCOc1ccc(C(=O)Nc2cccc(C(=O)O)c2)cc1. The number of amides is 1. The van der Waals surface area contributed by atoms with E-state index in [0.29, 0.717) is 36.8 Å². The van der Waals surface area contributed by atoms with E-state index in [2.05, 4.69) is 5.32 Å². The number of carboxylic acid groups (broad SMARTS) is 1. The summed E-state index contributed by atoms with van der Waals surface area (Å²) in [6.07, 6.45) is 0. The van der Waals surface area contributed by atoms with E-state index in [4.69, 9.17) is 14.6 Å². The predicted octanol–water partition coefficient (Wildman–Crippen LogP) is 3.05. The summed E-state index contributed by atoms with van der Waals surface area (Å²) in [7, 11) is 0. The molecule has 0 aromatic heterocycles. The molecule has 0 radical (unpaired) electrons. The van der Waals surface area contributed by atoms with Crippen LogP contribution in [0.3, 0.4) is 0 Å². The topological polar surface area (TPSA) is 84.9 Å². The van der Waals surface area contributed by atoms with Gasteiger partial charge in [0.25, 0.3) is 5.91 Å². The Kier molecular flexibility index (Phi) is 6.33. The lowest BCUT2D eigenvalue weighted by Gasteiger charge is -2.08. The first-order chi connectivity index (χ1) is 11.6. The summed E-state index contributed by atoms with van der Waals surface area (Å²) in [6, 6.07) is 12.8. The Labute approximate surface area is 140 Å². The highest BCUT2D eigenvalue weighted by Gasteiger charge is 2.08. The minimum Gasteiger partial charge on any atom is -0.491 e. The molecule has 0 saturated heterocycles. The van der Waals surface area contributed by atoms with Gasteiger partial charge in [-0.1, -0.05) is 6.07 Å². The fourth-order valence-electron chi connectivity index (χ4n) is 2.00. The molecule has 0 fully saturated rings. The van der Waals surface area contributed by atoms with Crippen LogP contribution in [0.4, 0.5) is 5.69 Å². The number of carbonyl (C=O) groups excluding carboxylic acids is 1. The lowest BCUT2D eigenvalue weighted by Crippen LogP contribution is -2.12. The van der Waals surface area contributed by atoms with Gasteiger partial charge in [0.05, 0.1) is 12.2 Å². The van der Waals surface area contributed by atoms with Crippen LogP contribution in [0.1, 0.15) is 27.6 Å². The Morgan fingerprint density at radius 1 is 1.04 bits per heavy atom. The molecule has 0 atom stereocenters. The Balaban J connectivity index is 1.95. The van der Waals surface area contributed by atoms with Crippen LogP contribution >= 0.6 is 0 Å². The molecular formula is C18H19NO5. The van der Waals surface area contributed by atoms with Gasteiger partial charge in [-0.05, 0) is 49.4 Å². The monoisotopic (exact) mass is 329 g/mol. The van der Waals surface area contributed by atoms with Crippen molar-refractivity contribution >= 4 is 17.6 Å². The molecule has 2 aromatic carbocycles. The molecule has 0 aliphatic heterocycles. The van der Waals surface area contributed by atoms with Crippen molar-refractivity contribution in [3.63, 3.8) is 0 Å². The van der Waals surface area contributed by atoms with Crippen LogP contribution in [0.5, 0.6) is 5.75 Å². The molecule has 0 spiro atoms. The number of benzene rings is 2. The van der Waals surface area contributed by atoms with Crippen molar-refractivity contribution in [2.75, 3.05) is 25.1 Å². The zero-order valence-corrected chi connectivity index (χ0v) is 13.3. The number of anilines is 1. The second-order valence-electron chi connectivity index (χ2n) is 4.91. The summed E-state index contributed by atoms with van der Waals surface area (Å²) in [5.41, 5.74) is 0.996. The molecule has 0 aliphatic carbocycles. The normalized spacial score (nSPS) is 10.2. The minimum absolute atomic E-state index is 0.117. The number of carbonyl (C=O) groups is 2. The van der Waals surface area contributed by atoms with Crippen molar-refractivity contribution in [1.82, 2.24) is 0 Å². The van der Waals surface area contributed by atoms with Crippen LogP contribution in [-0.4, -0.2) is 36.8 Å². The first-order valence-electron chi connectivity index (χ1n) is 7.55. The molecule has 1 amide bonds. The van der Waals surface area contributed by atoms with Gasteiger partial charge in [-0.15, -0.1) is 0 Å². The van der Waals surface area contributed by atoms with Gasteiger partial charge in [0.1, 0.15) is 12.4 Å². The maximum absolute atomic E-state index is 12.2. The number of nitrogens with one attached hydrogen (secondary N) is 1. The van der Waals surface area contributed by atoms with Gasteiger partial charge in [0.2, 0.25) is 0 Å². The number of rotatable bonds is 8. The maximum Gasteiger partial charge on any atom is 0.335 e. The zero-order valence-electron chi connectivity index (χ0n) is 13.3. The summed E-state index contributed by atoms with van der Waals surface area (Å²) in [4.78, 5) is 23.1. The Morgan fingerprint density at radius 3 is 2.46 bits per heavy atom. The zero-order chi connectivity index (χ0) is 17.4. The Bertz CT molecular complexity index is 697. The van der Waals surface area contributed by atoms with Crippen LogP contribution < -0.4 is 10.1 Å². The molecule has 6 heteroatoms. The highest BCUT2D eigenvalue weighted by atomic mass is 16.5. The summed E-state index contributed by atoms with van der Waals surface area (Å²) in [5.74, 6) is -0.711. The van der Waals surface area contributed by atoms with Crippen molar-refractivity contribution in [1.29, 1.82) is 0 Å². The molecule has 0 aliphatic rings. The molecule has 0 heterocycles. The van der Waals surface area contributed by atoms with Gasteiger partial charge in [0, 0.05) is 17.9 Å². The van der Waals surface area contributed by atoms with E-state index in [9.17, 15) is 9.59 Å². The Morgan fingerprint density at radius 2 is 1.79 bits per heavy atom. The molecule has 2 aromatic rings. The van der Waals surface area contributed by atoms with E-state index in [1.807, 2.05) is 6.92 Å². The number of hydrogen-bond acceptors (Lipinski definition) is 4. The van der Waals surface area contributed by atoms with E-state index in [1.165, 1.54) is 12.1 Å². The van der Waals surface area contributed by atoms with Gasteiger partial charge < -0.3 is 19.9 Å². The van der Waals surface area contributed by atoms with Gasteiger partial charge >= 0.3 is 5.97 Å². The van der Waals surface area contributed by atoms with Crippen LogP contribution in [0, 0.1) is 0 Å². The lowest BCUT2D eigenvalue weighted by molar-refractivity contribution is 0.0696. The van der Waals surface area contributed by atoms with Gasteiger partial charge in [-0.25, -0.2) is 4.79 Å². The second kappa shape index (κ2) is 8.69. The largest absolute Gasteiger partial charge is 0.491 e. The van der Waals surface area contributed by atoms with Gasteiger partial charge in [-0.3, -0.25) is 4.79 Å². The van der Waals surface area contributed by atoms with E-state index >= 15 is 0 Å². The van der Waals surface area contributed by atoms with E-state index in [1.54, 1.807) is 36.4 Å². The van der Waals surface area contributed by atoms with Crippen molar-refractivity contribution in [3.05, 3.63) is 59.7 Å². The third-order valence-electron chi connectivity index (χ3n) is 3.18. The van der Waals surface area contributed by atoms with Crippen molar-refractivity contribution in [2.45, 2.75) is 6.92 Å². The van der Waals surface area contributed by atoms with E-state index in [-0.39, 0.29) is 11.5 Å². The molecule has 2 N–H and O–H groups in total. The summed E-state index contributed by atoms with van der Waals surface area (Å²) < 4.78 is 10.7. The molecule has 126 valence electrons. The summed E-state index contributed by atoms with van der Waals surface area (Å²) in [6.45, 7) is 3.52. The number of hydrogen-bond donors (Lipinski definition) is 2. The first-order valence-corrected chi connectivity index (χ1v) is 7.55.